The van der Waals surface area contributed by atoms with E-state index in [0.29, 0.717) is 0 Å². The average molecular weight is 177 g/mol. The fraction of sp³-hybridized carbons (Fsp3) is 0.500. The van der Waals surface area contributed by atoms with Crippen LogP contribution in [0.15, 0.2) is 28.3 Å². The molecule has 0 atom stereocenters. The molecule has 0 radical (unpaired) electrons. The van der Waals surface area contributed by atoms with E-state index in [0.717, 1.165) is 18.2 Å². The van der Waals surface area contributed by atoms with Crippen LogP contribution in [0.4, 0.5) is 0 Å². The Balaban J connectivity index is 2.47. The van der Waals surface area contributed by atoms with Gasteiger partial charge in [0.2, 0.25) is 0 Å². The van der Waals surface area contributed by atoms with Crippen molar-refractivity contribution in [3.8, 4) is 0 Å². The molecule has 0 fully saturated rings. The fourth-order valence-corrected chi connectivity index (χ4v) is 1.75. The van der Waals surface area contributed by atoms with Crippen molar-refractivity contribution in [1.29, 1.82) is 0 Å². The van der Waals surface area contributed by atoms with Crippen molar-refractivity contribution in [2.75, 3.05) is 13.7 Å². The van der Waals surface area contributed by atoms with Crippen LogP contribution in [0.5, 0.6) is 0 Å². The number of allylic oxidation sites excluding steroid dienone is 3. The summed E-state index contributed by atoms with van der Waals surface area (Å²) in [6.45, 7) is 7.22. The zero-order valence-corrected chi connectivity index (χ0v) is 8.63. The molecule has 0 spiro atoms. The molecular weight excluding hydrogens is 162 g/mol. The van der Waals surface area contributed by atoms with Gasteiger partial charge in [-0.2, -0.15) is 0 Å². The van der Waals surface area contributed by atoms with Crippen molar-refractivity contribution >= 4 is 5.71 Å². The summed E-state index contributed by atoms with van der Waals surface area (Å²) in [5.74, 6) is 1.11. The largest absolute Gasteiger partial charge is 0.357 e. The van der Waals surface area contributed by atoms with Crippen molar-refractivity contribution in [3.05, 3.63) is 23.3 Å². The minimum atomic E-state index is 0.931. The Hall–Kier alpha value is -1.25. The molecule has 0 saturated heterocycles. The first-order chi connectivity index (χ1) is 6.09. The van der Waals surface area contributed by atoms with Crippen molar-refractivity contribution in [2.24, 2.45) is 4.99 Å². The molecule has 0 aliphatic carbocycles. The Bertz CT molecular complexity index is 336. The topological polar surface area (TPSA) is 18.8 Å². The van der Waals surface area contributed by atoms with E-state index in [2.05, 4.69) is 41.8 Å². The molecule has 3 nitrogen and oxygen atoms in total. The molecule has 0 aromatic heterocycles. The van der Waals surface area contributed by atoms with Crippen molar-refractivity contribution in [3.63, 3.8) is 0 Å². The number of nitrogens with zero attached hydrogens (tertiary/aromatic N) is 3. The van der Waals surface area contributed by atoms with Gasteiger partial charge in [-0.05, 0) is 26.8 Å². The van der Waals surface area contributed by atoms with E-state index in [4.69, 9.17) is 0 Å². The summed E-state index contributed by atoms with van der Waals surface area (Å²) in [7, 11) is 2.10. The van der Waals surface area contributed by atoms with Crippen LogP contribution < -0.4 is 0 Å². The highest BCUT2D eigenvalue weighted by atomic mass is 15.4. The lowest BCUT2D eigenvalue weighted by Gasteiger charge is -2.24. The summed E-state index contributed by atoms with van der Waals surface area (Å²) in [5, 5.41) is 0. The van der Waals surface area contributed by atoms with Crippen LogP contribution >= 0.6 is 0 Å². The molecule has 0 bridgehead atoms. The summed E-state index contributed by atoms with van der Waals surface area (Å²) >= 11 is 0. The molecule has 2 aliphatic heterocycles. The van der Waals surface area contributed by atoms with E-state index in [1.165, 1.54) is 11.4 Å². The second-order valence-electron chi connectivity index (χ2n) is 3.72. The average Bonchev–Trinajstić information content (AvgIpc) is 2.32. The Kier molecular flexibility index (Phi) is 1.68. The summed E-state index contributed by atoms with van der Waals surface area (Å²) < 4.78 is 0. The number of fused-ring (bicyclic) bond motifs is 1. The molecule has 2 heterocycles. The number of hydrogen-bond donors (Lipinski definition) is 0. The lowest BCUT2D eigenvalue weighted by atomic mass is 10.2. The Morgan fingerprint density at radius 1 is 1.31 bits per heavy atom. The number of rotatable bonds is 0. The van der Waals surface area contributed by atoms with Gasteiger partial charge in [0, 0.05) is 18.5 Å². The van der Waals surface area contributed by atoms with Gasteiger partial charge in [-0.15, -0.1) is 0 Å². The third-order valence-electron chi connectivity index (χ3n) is 2.63. The van der Waals surface area contributed by atoms with Crippen LogP contribution in [0.3, 0.4) is 0 Å². The molecule has 0 amide bonds. The van der Waals surface area contributed by atoms with Crippen LogP contribution in [-0.4, -0.2) is 29.2 Å². The molecule has 13 heavy (non-hydrogen) atoms. The van der Waals surface area contributed by atoms with Gasteiger partial charge in [-0.3, -0.25) is 0 Å². The van der Waals surface area contributed by atoms with E-state index in [1.54, 1.807) is 0 Å². The first kappa shape index (κ1) is 8.35. The first-order valence-corrected chi connectivity index (χ1v) is 4.53. The quantitative estimate of drug-likeness (QED) is 0.561. The van der Waals surface area contributed by atoms with Crippen molar-refractivity contribution < 1.29 is 0 Å². The minimum absolute atomic E-state index is 0.931. The molecule has 0 unspecified atom stereocenters. The predicted octanol–water partition coefficient (Wildman–Crippen LogP) is 1.76. The highest BCUT2D eigenvalue weighted by Crippen LogP contribution is 2.29. The second kappa shape index (κ2) is 2.62. The van der Waals surface area contributed by atoms with Gasteiger partial charge in [0.05, 0.1) is 12.4 Å². The Morgan fingerprint density at radius 3 is 2.69 bits per heavy atom. The lowest BCUT2D eigenvalue weighted by Crippen LogP contribution is -2.25. The van der Waals surface area contributed by atoms with Gasteiger partial charge in [-0.1, -0.05) is 0 Å². The van der Waals surface area contributed by atoms with Crippen molar-refractivity contribution in [2.45, 2.75) is 20.8 Å². The summed E-state index contributed by atoms with van der Waals surface area (Å²) in [4.78, 5) is 8.99. The number of hydrogen-bond acceptors (Lipinski definition) is 3. The van der Waals surface area contributed by atoms with Gasteiger partial charge in [0.25, 0.3) is 0 Å². The molecule has 3 heteroatoms. The molecular formula is C10H15N3. The smallest absolute Gasteiger partial charge is 0.153 e. The first-order valence-electron chi connectivity index (χ1n) is 4.53. The normalized spacial score (nSPS) is 21.8. The van der Waals surface area contributed by atoms with E-state index in [-0.39, 0.29) is 0 Å². The Labute approximate surface area is 79.0 Å². The predicted molar refractivity (Wildman–Crippen MR) is 54.0 cm³/mol. The zero-order chi connectivity index (χ0) is 9.59. The number of aliphatic imine (C=N–C) groups is 1. The highest BCUT2D eigenvalue weighted by molar-refractivity contribution is 5.94. The van der Waals surface area contributed by atoms with Crippen LogP contribution in [-0.2, 0) is 0 Å². The minimum Gasteiger partial charge on any atom is -0.357 e. The van der Waals surface area contributed by atoms with Crippen LogP contribution in [0.2, 0.25) is 0 Å². The molecule has 0 aromatic carbocycles. The monoisotopic (exact) mass is 177 g/mol. The van der Waals surface area contributed by atoms with Gasteiger partial charge in [0.15, 0.2) is 5.82 Å². The van der Waals surface area contributed by atoms with E-state index >= 15 is 0 Å². The zero-order valence-electron chi connectivity index (χ0n) is 8.63. The highest BCUT2D eigenvalue weighted by Gasteiger charge is 2.26. The second-order valence-corrected chi connectivity index (χ2v) is 3.72. The van der Waals surface area contributed by atoms with E-state index < -0.39 is 0 Å². The van der Waals surface area contributed by atoms with Crippen LogP contribution in [0, 0.1) is 0 Å². The van der Waals surface area contributed by atoms with Crippen LogP contribution in [0.1, 0.15) is 20.8 Å². The molecule has 0 aromatic rings. The molecule has 2 aliphatic rings. The van der Waals surface area contributed by atoms with Gasteiger partial charge in [0.1, 0.15) is 0 Å². The van der Waals surface area contributed by atoms with Crippen molar-refractivity contribution in [1.82, 2.24) is 9.80 Å². The van der Waals surface area contributed by atoms with E-state index in [9.17, 15) is 0 Å². The van der Waals surface area contributed by atoms with Crippen LogP contribution in [0.25, 0.3) is 0 Å². The molecule has 0 saturated carbocycles. The third-order valence-corrected chi connectivity index (χ3v) is 2.63. The maximum absolute atomic E-state index is 4.53. The molecule has 70 valence electrons. The SMILES string of the molecule is CC1=CC(C)=NC2=C(C)N(C)CN12. The maximum atomic E-state index is 4.53. The molecule has 2 rings (SSSR count). The summed E-state index contributed by atoms with van der Waals surface area (Å²) in [6, 6.07) is 0. The molecule has 0 N–H and O–H groups in total. The fourth-order valence-electron chi connectivity index (χ4n) is 1.75. The third kappa shape index (κ3) is 1.15. The van der Waals surface area contributed by atoms with E-state index in [1.807, 2.05) is 6.92 Å². The Morgan fingerprint density at radius 2 is 2.00 bits per heavy atom. The van der Waals surface area contributed by atoms with Gasteiger partial charge in [-0.25, -0.2) is 4.99 Å². The van der Waals surface area contributed by atoms with Gasteiger partial charge < -0.3 is 9.80 Å². The maximum Gasteiger partial charge on any atom is 0.153 e. The standard InChI is InChI=1S/C10H15N3/c1-7-5-8(2)13-6-12(4)9(3)10(13)11-7/h5H,6H2,1-4H3. The lowest BCUT2D eigenvalue weighted by molar-refractivity contribution is 0.322. The van der Waals surface area contributed by atoms with Gasteiger partial charge >= 0.3 is 0 Å². The summed E-state index contributed by atoms with van der Waals surface area (Å²) in [6.07, 6.45) is 2.12. The summed E-state index contributed by atoms with van der Waals surface area (Å²) in [5.41, 5.74) is 3.64.